The Balaban J connectivity index is 1.77. The molecule has 2 aromatic heterocycles. The van der Waals surface area contributed by atoms with Crippen LogP contribution in [-0.4, -0.2) is 40.3 Å². The number of pyridine rings is 1. The van der Waals surface area contributed by atoms with E-state index in [0.717, 1.165) is 42.0 Å². The van der Waals surface area contributed by atoms with Crippen LogP contribution in [0.4, 0.5) is 5.00 Å². The summed E-state index contributed by atoms with van der Waals surface area (Å²) >= 11 is 1.53. The van der Waals surface area contributed by atoms with Crippen LogP contribution in [0.15, 0.2) is 36.7 Å². The first-order valence-corrected chi connectivity index (χ1v) is 13.4. The number of carbonyl (C=O) groups excluding carboxylic acids is 2. The van der Waals surface area contributed by atoms with Gasteiger partial charge < -0.3 is 5.32 Å². The Hall–Kier alpha value is -2.92. The predicted molar refractivity (Wildman–Crippen MR) is 138 cm³/mol. The molecule has 1 N–H and O–H groups in total. The van der Waals surface area contributed by atoms with Crippen molar-refractivity contribution in [2.75, 3.05) is 11.4 Å². The van der Waals surface area contributed by atoms with Crippen LogP contribution in [0.1, 0.15) is 82.2 Å². The lowest BCUT2D eigenvalue weighted by Gasteiger charge is -2.34. The van der Waals surface area contributed by atoms with Crippen LogP contribution in [-0.2, 0) is 15.0 Å². The summed E-state index contributed by atoms with van der Waals surface area (Å²) in [4.78, 5) is 36.6. The molecular formula is C27H35N5O2S. The molecule has 1 saturated heterocycles. The molecule has 2 atom stereocenters. The summed E-state index contributed by atoms with van der Waals surface area (Å²) in [6, 6.07) is 6.32. The molecule has 1 aliphatic carbocycles. The summed E-state index contributed by atoms with van der Waals surface area (Å²) in [7, 11) is 0. The number of likely N-dealkylation sites (tertiary alicyclic amines) is 1. The minimum atomic E-state index is -0.856. The fourth-order valence-electron chi connectivity index (χ4n) is 5.01. The molecule has 0 aromatic carbocycles. The van der Waals surface area contributed by atoms with Gasteiger partial charge in [0, 0.05) is 35.4 Å². The molecule has 2 aromatic rings. The van der Waals surface area contributed by atoms with Crippen molar-refractivity contribution < 1.29 is 9.59 Å². The first-order valence-electron chi connectivity index (χ1n) is 12.6. The molecule has 35 heavy (non-hydrogen) atoms. The highest BCUT2D eigenvalue weighted by Crippen LogP contribution is 2.39. The number of nitrogens with one attached hydrogen (secondary N) is 1. The lowest BCUT2D eigenvalue weighted by Crippen LogP contribution is -2.51. The van der Waals surface area contributed by atoms with Gasteiger partial charge in [-0.2, -0.15) is 5.26 Å². The van der Waals surface area contributed by atoms with Gasteiger partial charge in [0.1, 0.15) is 12.1 Å². The van der Waals surface area contributed by atoms with E-state index in [9.17, 15) is 14.9 Å². The van der Waals surface area contributed by atoms with Gasteiger partial charge in [-0.05, 0) is 49.3 Å². The predicted octanol–water partition coefficient (Wildman–Crippen LogP) is 4.91. The molecule has 3 heterocycles. The minimum Gasteiger partial charge on any atom is -0.351 e. The number of amides is 2. The van der Waals surface area contributed by atoms with Crippen LogP contribution in [0.3, 0.4) is 0 Å². The molecule has 0 bridgehead atoms. The summed E-state index contributed by atoms with van der Waals surface area (Å²) in [5.41, 5.74) is 0.582. The maximum absolute atomic E-state index is 14.1. The highest BCUT2D eigenvalue weighted by molar-refractivity contribution is 7.16. The summed E-state index contributed by atoms with van der Waals surface area (Å²) in [5, 5.41) is 13.6. The fraction of sp³-hybridized carbons (Fsp3) is 0.556. The van der Waals surface area contributed by atoms with Gasteiger partial charge in [0.05, 0.1) is 5.00 Å². The van der Waals surface area contributed by atoms with E-state index < -0.39 is 12.1 Å². The van der Waals surface area contributed by atoms with Gasteiger partial charge in [-0.1, -0.05) is 46.1 Å². The molecule has 2 fully saturated rings. The summed E-state index contributed by atoms with van der Waals surface area (Å²) in [6.45, 7) is 6.97. The van der Waals surface area contributed by atoms with E-state index in [1.807, 2.05) is 18.2 Å². The van der Waals surface area contributed by atoms with Crippen molar-refractivity contribution in [3.8, 4) is 6.19 Å². The van der Waals surface area contributed by atoms with Crippen LogP contribution in [0.2, 0.25) is 0 Å². The molecule has 186 valence electrons. The molecule has 0 spiro atoms. The molecule has 0 radical (unpaired) electrons. The smallest absolute Gasteiger partial charge is 0.252 e. The van der Waals surface area contributed by atoms with E-state index in [1.54, 1.807) is 28.3 Å². The van der Waals surface area contributed by atoms with E-state index in [4.69, 9.17) is 0 Å². The second kappa shape index (κ2) is 10.8. The van der Waals surface area contributed by atoms with Crippen LogP contribution in [0, 0.1) is 11.5 Å². The lowest BCUT2D eigenvalue weighted by atomic mass is 9.94. The van der Waals surface area contributed by atoms with Crippen LogP contribution in [0.5, 0.6) is 0 Å². The number of rotatable bonds is 6. The number of nitriles is 1. The zero-order valence-electron chi connectivity index (χ0n) is 20.9. The van der Waals surface area contributed by atoms with Gasteiger partial charge in [0.25, 0.3) is 5.91 Å². The van der Waals surface area contributed by atoms with Gasteiger partial charge in [-0.3, -0.25) is 24.4 Å². The Labute approximate surface area is 212 Å². The van der Waals surface area contributed by atoms with Gasteiger partial charge in [0.15, 0.2) is 6.19 Å². The number of nitrogens with zero attached hydrogens (tertiary/aromatic N) is 4. The quantitative estimate of drug-likeness (QED) is 0.578. The van der Waals surface area contributed by atoms with Gasteiger partial charge in [-0.15, -0.1) is 11.3 Å². The van der Waals surface area contributed by atoms with Crippen molar-refractivity contribution in [3.05, 3.63) is 47.1 Å². The van der Waals surface area contributed by atoms with Crippen molar-refractivity contribution in [2.45, 2.75) is 89.3 Å². The molecular weight excluding hydrogens is 458 g/mol. The molecule has 1 aliphatic heterocycles. The third-order valence-electron chi connectivity index (χ3n) is 6.93. The highest BCUT2D eigenvalue weighted by Gasteiger charge is 2.41. The lowest BCUT2D eigenvalue weighted by molar-refractivity contribution is -0.128. The highest BCUT2D eigenvalue weighted by atomic mass is 32.1. The Kier molecular flexibility index (Phi) is 7.75. The molecule has 1 unspecified atom stereocenters. The summed E-state index contributed by atoms with van der Waals surface area (Å²) in [6.07, 6.45) is 12.2. The first-order chi connectivity index (χ1) is 16.8. The zero-order valence-corrected chi connectivity index (χ0v) is 21.7. The number of hydrogen-bond acceptors (Lipinski definition) is 6. The second-order valence-electron chi connectivity index (χ2n) is 10.6. The van der Waals surface area contributed by atoms with Crippen molar-refractivity contribution in [1.82, 2.24) is 15.2 Å². The SMILES string of the molecule is CC(C)(C)c1ccc(N(C(=O)[C@H]2CCCN2C#N)C(C(=O)NC2CCCCC2)c2cccnc2)s1. The van der Waals surface area contributed by atoms with Crippen molar-refractivity contribution >= 4 is 28.2 Å². The minimum absolute atomic E-state index is 0.0855. The number of aromatic nitrogens is 1. The number of thiophene rings is 1. The van der Waals surface area contributed by atoms with Crippen LogP contribution in [0.25, 0.3) is 0 Å². The Morgan fingerprint density at radius 1 is 1.17 bits per heavy atom. The van der Waals surface area contributed by atoms with Gasteiger partial charge >= 0.3 is 0 Å². The zero-order chi connectivity index (χ0) is 25.0. The van der Waals surface area contributed by atoms with E-state index in [1.165, 1.54) is 17.8 Å². The normalized spacial score (nSPS) is 19.7. The topological polar surface area (TPSA) is 89.3 Å². The third-order valence-corrected chi connectivity index (χ3v) is 8.44. The number of anilines is 1. The van der Waals surface area contributed by atoms with Gasteiger partial charge in [0.2, 0.25) is 5.91 Å². The standard InChI is InChI=1S/C27H35N5O2S/c1-27(2,3)22-13-14-23(35-22)32(26(34)21-12-8-16-31(21)18-28)24(19-9-7-15-29-17-19)25(33)30-20-10-5-4-6-11-20/h7,9,13-15,17,20-21,24H,4-6,8,10-12,16H2,1-3H3,(H,30,33)/t21-,24?/m1/s1. The molecule has 4 rings (SSSR count). The number of carbonyl (C=O) groups is 2. The van der Waals surface area contributed by atoms with Crippen LogP contribution >= 0.6 is 11.3 Å². The monoisotopic (exact) mass is 493 g/mol. The molecule has 2 aliphatic rings. The Bertz CT molecular complexity index is 1070. The molecule has 8 heteroatoms. The van der Waals surface area contributed by atoms with Crippen LogP contribution < -0.4 is 10.2 Å². The van der Waals surface area contributed by atoms with Gasteiger partial charge in [-0.25, -0.2) is 0 Å². The third kappa shape index (κ3) is 5.67. The summed E-state index contributed by atoms with van der Waals surface area (Å²) < 4.78 is 0. The number of hydrogen-bond donors (Lipinski definition) is 1. The second-order valence-corrected chi connectivity index (χ2v) is 11.6. The van der Waals surface area contributed by atoms with Crippen molar-refractivity contribution in [2.24, 2.45) is 0 Å². The Morgan fingerprint density at radius 3 is 2.57 bits per heavy atom. The average molecular weight is 494 g/mol. The van der Waals surface area contributed by atoms with E-state index >= 15 is 0 Å². The van der Waals surface area contributed by atoms with E-state index in [-0.39, 0.29) is 23.3 Å². The molecule has 2 amide bonds. The van der Waals surface area contributed by atoms with Crippen molar-refractivity contribution in [3.63, 3.8) is 0 Å². The maximum atomic E-state index is 14.1. The summed E-state index contributed by atoms with van der Waals surface area (Å²) in [5.74, 6) is -0.399. The average Bonchev–Trinajstić information content (AvgIpc) is 3.53. The largest absolute Gasteiger partial charge is 0.351 e. The Morgan fingerprint density at radius 2 is 1.94 bits per heavy atom. The molecule has 1 saturated carbocycles. The van der Waals surface area contributed by atoms with E-state index in [2.05, 4.69) is 37.3 Å². The molecule has 7 nitrogen and oxygen atoms in total. The van der Waals surface area contributed by atoms with Crippen molar-refractivity contribution in [1.29, 1.82) is 5.26 Å². The van der Waals surface area contributed by atoms with E-state index in [0.29, 0.717) is 18.5 Å². The maximum Gasteiger partial charge on any atom is 0.252 e. The fourth-order valence-corrected chi connectivity index (χ4v) is 6.11. The first kappa shape index (κ1) is 25.2.